The molecule has 0 aliphatic heterocycles. The maximum Gasteiger partial charge on any atom is 0.238 e. The van der Waals surface area contributed by atoms with Crippen LogP contribution in [0.25, 0.3) is 0 Å². The van der Waals surface area contributed by atoms with Crippen molar-refractivity contribution in [2.45, 2.75) is 11.8 Å². The quantitative estimate of drug-likeness (QED) is 0.747. The normalized spacial score (nSPS) is 11.3. The molecule has 0 aliphatic carbocycles. The summed E-state index contributed by atoms with van der Waals surface area (Å²) in [5.74, 6) is 0. The van der Waals surface area contributed by atoms with Gasteiger partial charge in [0.1, 0.15) is 0 Å². The summed E-state index contributed by atoms with van der Waals surface area (Å²) in [5.41, 5.74) is 8.71. The van der Waals surface area contributed by atoms with Gasteiger partial charge in [0.05, 0.1) is 16.3 Å². The Labute approximate surface area is 112 Å². The largest absolute Gasteiger partial charge is 0.397 e. The van der Waals surface area contributed by atoms with Gasteiger partial charge >= 0.3 is 0 Å². The van der Waals surface area contributed by atoms with Crippen LogP contribution in [0.15, 0.2) is 47.4 Å². The van der Waals surface area contributed by atoms with E-state index in [4.69, 9.17) is 10.9 Å². The molecule has 0 bridgehead atoms. The number of sulfonamides is 1. The third kappa shape index (κ3) is 3.24. The second kappa shape index (κ2) is 4.91. The monoisotopic (exact) mass is 277 g/mol. The van der Waals surface area contributed by atoms with E-state index in [1.165, 1.54) is 18.2 Å². The number of nitrogens with one attached hydrogen (secondary N) is 1. The lowest BCUT2D eigenvalue weighted by molar-refractivity contribution is 0.598. The fourth-order valence-corrected chi connectivity index (χ4v) is 2.24. The predicted molar refractivity (Wildman–Crippen MR) is 76.7 cm³/mol. The molecule has 0 unspecified atom stereocenters. The molecule has 0 aromatic heterocycles. The van der Waals surface area contributed by atoms with E-state index in [1.807, 2.05) is 31.2 Å². The lowest BCUT2D eigenvalue weighted by atomic mass is 10.2. The molecular weight excluding hydrogens is 262 g/mol. The van der Waals surface area contributed by atoms with E-state index >= 15 is 0 Å². The van der Waals surface area contributed by atoms with E-state index in [2.05, 4.69) is 5.32 Å². The predicted octanol–water partition coefficient (Wildman–Crippen LogP) is 1.97. The zero-order valence-electron chi connectivity index (χ0n) is 10.4. The second-order valence-corrected chi connectivity index (χ2v) is 5.85. The standard InChI is InChI=1S/C13H15N3O2S/c1-9-3-2-4-10(7-9)16-13-8-11(19(15,17)18)5-6-12(13)14/h2-8,16H,14H2,1H3,(H2,15,17,18). The Morgan fingerprint density at radius 3 is 2.47 bits per heavy atom. The maximum absolute atomic E-state index is 11.3. The number of nitrogens with two attached hydrogens (primary N) is 2. The highest BCUT2D eigenvalue weighted by Gasteiger charge is 2.10. The second-order valence-electron chi connectivity index (χ2n) is 4.29. The summed E-state index contributed by atoms with van der Waals surface area (Å²) >= 11 is 0. The fraction of sp³-hybridized carbons (Fsp3) is 0.0769. The molecule has 0 aliphatic rings. The van der Waals surface area contributed by atoms with E-state index in [0.29, 0.717) is 11.4 Å². The maximum atomic E-state index is 11.3. The van der Waals surface area contributed by atoms with Gasteiger partial charge in [-0.25, -0.2) is 13.6 Å². The first-order valence-electron chi connectivity index (χ1n) is 5.62. The average Bonchev–Trinajstić information content (AvgIpc) is 2.30. The van der Waals surface area contributed by atoms with Crippen molar-refractivity contribution in [1.82, 2.24) is 0 Å². The minimum absolute atomic E-state index is 0.0249. The highest BCUT2D eigenvalue weighted by molar-refractivity contribution is 7.89. The Hall–Kier alpha value is -2.05. The van der Waals surface area contributed by atoms with Gasteiger partial charge in [0.15, 0.2) is 0 Å². The van der Waals surface area contributed by atoms with Crippen LogP contribution >= 0.6 is 0 Å². The molecule has 0 saturated carbocycles. The SMILES string of the molecule is Cc1cccc(Nc2cc(S(N)(=O)=O)ccc2N)c1. The van der Waals surface area contributed by atoms with E-state index in [1.54, 1.807) is 0 Å². The molecule has 100 valence electrons. The molecule has 2 aromatic rings. The van der Waals surface area contributed by atoms with Crippen LogP contribution in [0.5, 0.6) is 0 Å². The summed E-state index contributed by atoms with van der Waals surface area (Å²) in [5, 5.41) is 8.18. The first kappa shape index (κ1) is 13.4. The number of anilines is 3. The molecule has 5 nitrogen and oxygen atoms in total. The molecular formula is C13H15N3O2S. The topological polar surface area (TPSA) is 98.2 Å². The number of rotatable bonds is 3. The Morgan fingerprint density at radius 1 is 1.11 bits per heavy atom. The Morgan fingerprint density at radius 2 is 1.84 bits per heavy atom. The van der Waals surface area contributed by atoms with Crippen molar-refractivity contribution in [1.29, 1.82) is 0 Å². The Kier molecular flexibility index (Phi) is 3.46. The smallest absolute Gasteiger partial charge is 0.238 e. The highest BCUT2D eigenvalue weighted by Crippen LogP contribution is 2.26. The van der Waals surface area contributed by atoms with Crippen molar-refractivity contribution in [2.75, 3.05) is 11.1 Å². The minimum Gasteiger partial charge on any atom is -0.397 e. The minimum atomic E-state index is -3.74. The van der Waals surface area contributed by atoms with Gasteiger partial charge in [-0.05, 0) is 42.8 Å². The Bertz CT molecular complexity index is 712. The number of hydrogen-bond acceptors (Lipinski definition) is 4. The molecule has 0 amide bonds. The molecule has 0 spiro atoms. The first-order valence-corrected chi connectivity index (χ1v) is 7.17. The molecule has 2 rings (SSSR count). The van der Waals surface area contributed by atoms with Crippen LogP contribution in [0.4, 0.5) is 17.1 Å². The van der Waals surface area contributed by atoms with Gasteiger partial charge in [0.25, 0.3) is 0 Å². The molecule has 6 heteroatoms. The van der Waals surface area contributed by atoms with Crippen molar-refractivity contribution in [3.63, 3.8) is 0 Å². The summed E-state index contributed by atoms with van der Waals surface area (Å²) < 4.78 is 22.6. The zero-order valence-corrected chi connectivity index (χ0v) is 11.2. The molecule has 0 heterocycles. The van der Waals surface area contributed by atoms with Crippen molar-refractivity contribution in [3.05, 3.63) is 48.0 Å². The van der Waals surface area contributed by atoms with Crippen molar-refractivity contribution in [2.24, 2.45) is 5.14 Å². The lowest BCUT2D eigenvalue weighted by Crippen LogP contribution is -2.12. The molecule has 19 heavy (non-hydrogen) atoms. The average molecular weight is 277 g/mol. The summed E-state index contributed by atoms with van der Waals surface area (Å²) in [4.78, 5) is 0.0249. The molecule has 2 aromatic carbocycles. The van der Waals surface area contributed by atoms with Crippen LogP contribution in [-0.2, 0) is 10.0 Å². The summed E-state index contributed by atoms with van der Waals surface area (Å²) in [6, 6.07) is 12.0. The van der Waals surface area contributed by atoms with Gasteiger partial charge in [-0.1, -0.05) is 12.1 Å². The van der Waals surface area contributed by atoms with Crippen LogP contribution in [0, 0.1) is 6.92 Å². The molecule has 0 radical (unpaired) electrons. The third-order valence-electron chi connectivity index (χ3n) is 2.65. The number of aryl methyl sites for hydroxylation is 1. The van der Waals surface area contributed by atoms with Crippen molar-refractivity contribution >= 4 is 27.1 Å². The van der Waals surface area contributed by atoms with Crippen LogP contribution in [0.1, 0.15) is 5.56 Å². The molecule has 0 saturated heterocycles. The van der Waals surface area contributed by atoms with E-state index in [9.17, 15) is 8.42 Å². The first-order chi connectivity index (χ1) is 8.86. The van der Waals surface area contributed by atoms with Crippen LogP contribution < -0.4 is 16.2 Å². The Balaban J connectivity index is 2.40. The number of hydrogen-bond donors (Lipinski definition) is 3. The fourth-order valence-electron chi connectivity index (χ4n) is 1.70. The van der Waals surface area contributed by atoms with Crippen molar-refractivity contribution < 1.29 is 8.42 Å². The zero-order chi connectivity index (χ0) is 14.0. The van der Waals surface area contributed by atoms with Crippen LogP contribution in [-0.4, -0.2) is 8.42 Å². The number of nitrogen functional groups attached to an aromatic ring is 1. The van der Waals surface area contributed by atoms with E-state index in [0.717, 1.165) is 11.3 Å². The summed E-state index contributed by atoms with van der Waals surface area (Å²) in [6.45, 7) is 1.97. The van der Waals surface area contributed by atoms with Crippen molar-refractivity contribution in [3.8, 4) is 0 Å². The molecule has 5 N–H and O–H groups in total. The number of primary sulfonamides is 1. The summed E-state index contributed by atoms with van der Waals surface area (Å²) in [6.07, 6.45) is 0. The van der Waals surface area contributed by atoms with Gasteiger partial charge in [-0.3, -0.25) is 0 Å². The molecule has 0 fully saturated rings. The van der Waals surface area contributed by atoms with Crippen LogP contribution in [0.2, 0.25) is 0 Å². The van der Waals surface area contributed by atoms with E-state index in [-0.39, 0.29) is 4.90 Å². The lowest BCUT2D eigenvalue weighted by Gasteiger charge is -2.11. The van der Waals surface area contributed by atoms with Gasteiger partial charge in [0.2, 0.25) is 10.0 Å². The van der Waals surface area contributed by atoms with Gasteiger partial charge in [0, 0.05) is 5.69 Å². The summed E-state index contributed by atoms with van der Waals surface area (Å²) in [7, 11) is -3.74. The highest BCUT2D eigenvalue weighted by atomic mass is 32.2. The number of benzene rings is 2. The van der Waals surface area contributed by atoms with E-state index < -0.39 is 10.0 Å². The van der Waals surface area contributed by atoms with Gasteiger partial charge in [-0.2, -0.15) is 0 Å². The van der Waals surface area contributed by atoms with Gasteiger partial charge < -0.3 is 11.1 Å². The van der Waals surface area contributed by atoms with Crippen LogP contribution in [0.3, 0.4) is 0 Å². The molecule has 0 atom stereocenters. The van der Waals surface area contributed by atoms with Gasteiger partial charge in [-0.15, -0.1) is 0 Å². The third-order valence-corrected chi connectivity index (χ3v) is 3.56.